The zero-order chi connectivity index (χ0) is 25.9. The number of nitrogens with one attached hydrogen (secondary N) is 2. The number of ether oxygens (including phenoxy) is 2. The van der Waals surface area contributed by atoms with Gasteiger partial charge in [0, 0.05) is 13.0 Å². The van der Waals surface area contributed by atoms with E-state index in [1.807, 2.05) is 0 Å². The summed E-state index contributed by atoms with van der Waals surface area (Å²) in [6, 6.07) is -1.72. The lowest BCUT2D eigenvalue weighted by Crippen LogP contribution is -2.60. The third-order valence-electron chi connectivity index (χ3n) is 5.01. The third kappa shape index (κ3) is 11.3. The van der Waals surface area contributed by atoms with Gasteiger partial charge in [0.05, 0.1) is 0 Å². The topological polar surface area (TPSA) is 114 Å². The van der Waals surface area contributed by atoms with Gasteiger partial charge in [0.25, 0.3) is 11.8 Å². The molecule has 1 heterocycles. The number of rotatable bonds is 12. The largest absolute Gasteiger partial charge is 0.460 e. The molecule has 0 aromatic rings. The highest BCUT2D eigenvalue weighted by molar-refractivity contribution is 6.67. The van der Waals surface area contributed by atoms with Gasteiger partial charge in [-0.25, -0.2) is 5.43 Å². The number of nitrogens with zero attached hydrogens (tertiary/aromatic N) is 1. The van der Waals surface area contributed by atoms with Gasteiger partial charge in [-0.15, -0.1) is 6.58 Å². The average Bonchev–Trinajstić information content (AvgIpc) is 2.77. The van der Waals surface area contributed by atoms with Gasteiger partial charge in [-0.3, -0.25) is 24.2 Å². The lowest BCUT2D eigenvalue weighted by atomic mass is 10.1. The molecule has 0 bridgehead atoms. The van der Waals surface area contributed by atoms with Crippen molar-refractivity contribution in [2.24, 2.45) is 5.92 Å². The number of alkyl halides is 3. The van der Waals surface area contributed by atoms with Crippen LogP contribution in [0.15, 0.2) is 12.7 Å². The molecule has 0 aromatic carbocycles. The predicted molar refractivity (Wildman–Crippen MR) is 130 cm³/mol. The smallest absolute Gasteiger partial charge is 0.325 e. The highest BCUT2D eigenvalue weighted by Gasteiger charge is 2.34. The number of hydrogen-bond acceptors (Lipinski definition) is 7. The molecule has 0 radical (unpaired) electrons. The van der Waals surface area contributed by atoms with Crippen LogP contribution in [0.1, 0.15) is 59.3 Å². The highest BCUT2D eigenvalue weighted by Crippen LogP contribution is 2.26. The van der Waals surface area contributed by atoms with Crippen LogP contribution in [0.2, 0.25) is 0 Å². The van der Waals surface area contributed by atoms with Crippen molar-refractivity contribution in [3.8, 4) is 0 Å². The first-order chi connectivity index (χ1) is 15.9. The molecule has 34 heavy (non-hydrogen) atoms. The Kier molecular flexibility index (Phi) is 13.2. The number of amides is 2. The summed E-state index contributed by atoms with van der Waals surface area (Å²) < 4.78 is 8.61. The van der Waals surface area contributed by atoms with Gasteiger partial charge in [0.2, 0.25) is 3.79 Å². The van der Waals surface area contributed by atoms with Crippen molar-refractivity contribution >= 4 is 58.6 Å². The maximum absolute atomic E-state index is 12.9. The molecule has 1 rings (SSSR count). The molecule has 0 spiro atoms. The lowest BCUT2D eigenvalue weighted by Gasteiger charge is -2.34. The summed E-state index contributed by atoms with van der Waals surface area (Å²) in [7, 11) is 0. The Labute approximate surface area is 215 Å². The fourth-order valence-corrected chi connectivity index (χ4v) is 3.37. The average molecular weight is 543 g/mol. The molecule has 1 saturated heterocycles. The number of halogens is 3. The molecule has 1 aliphatic heterocycles. The lowest BCUT2D eigenvalue weighted by molar-refractivity contribution is -0.159. The van der Waals surface area contributed by atoms with Crippen LogP contribution in [0.25, 0.3) is 0 Å². The predicted octanol–water partition coefficient (Wildman–Crippen LogP) is 3.21. The summed E-state index contributed by atoms with van der Waals surface area (Å²) in [5.41, 5.74) is 2.80. The quantitative estimate of drug-likeness (QED) is 0.168. The van der Waals surface area contributed by atoms with Gasteiger partial charge in [-0.2, -0.15) is 0 Å². The number of carbonyl (C=O) groups excluding carboxylic acids is 4. The summed E-state index contributed by atoms with van der Waals surface area (Å²) in [4.78, 5) is 49.9. The number of allylic oxidation sites excluding steroid dienone is 1. The third-order valence-corrected chi connectivity index (χ3v) is 5.33. The van der Waals surface area contributed by atoms with Gasteiger partial charge >= 0.3 is 11.9 Å². The highest BCUT2D eigenvalue weighted by atomic mass is 35.6. The van der Waals surface area contributed by atoms with Crippen LogP contribution < -0.4 is 10.7 Å². The van der Waals surface area contributed by atoms with Crippen LogP contribution in [-0.2, 0) is 28.7 Å². The van der Waals surface area contributed by atoms with Crippen LogP contribution in [0.5, 0.6) is 0 Å². The fraction of sp³-hybridized carbons (Fsp3) is 0.727. The normalized spacial score (nSPS) is 18.1. The molecule has 0 saturated carbocycles. The van der Waals surface area contributed by atoms with Gasteiger partial charge in [0.15, 0.2) is 6.10 Å². The Morgan fingerprint density at radius 2 is 1.88 bits per heavy atom. The van der Waals surface area contributed by atoms with E-state index in [4.69, 9.17) is 44.3 Å². The zero-order valence-electron chi connectivity index (χ0n) is 19.8. The second kappa shape index (κ2) is 14.8. The molecule has 0 aromatic heterocycles. The van der Waals surface area contributed by atoms with Gasteiger partial charge < -0.3 is 14.8 Å². The monoisotopic (exact) mass is 541 g/mol. The first kappa shape index (κ1) is 30.5. The molecule has 12 heteroatoms. The van der Waals surface area contributed by atoms with E-state index >= 15 is 0 Å². The minimum Gasteiger partial charge on any atom is -0.460 e. The Hall–Kier alpha value is -1.55. The zero-order valence-corrected chi connectivity index (χ0v) is 22.0. The van der Waals surface area contributed by atoms with Crippen LogP contribution in [0.4, 0.5) is 0 Å². The molecular formula is C22H34Cl3N3O6. The number of hydrogen-bond donors (Lipinski definition) is 2. The van der Waals surface area contributed by atoms with E-state index in [0.717, 1.165) is 12.8 Å². The summed E-state index contributed by atoms with van der Waals surface area (Å²) in [5, 5.41) is 3.86. The summed E-state index contributed by atoms with van der Waals surface area (Å²) in [5.74, 6) is -2.42. The molecule has 2 amide bonds. The molecular weight excluding hydrogens is 509 g/mol. The van der Waals surface area contributed by atoms with E-state index < -0.39 is 52.3 Å². The van der Waals surface area contributed by atoms with Crippen LogP contribution in [-0.4, -0.2) is 63.9 Å². The van der Waals surface area contributed by atoms with Gasteiger partial charge in [-0.05, 0) is 44.9 Å². The van der Waals surface area contributed by atoms with Crippen LogP contribution in [0, 0.1) is 5.92 Å². The van der Waals surface area contributed by atoms with E-state index in [0.29, 0.717) is 25.8 Å². The fourth-order valence-electron chi connectivity index (χ4n) is 3.21. The van der Waals surface area contributed by atoms with Gasteiger partial charge in [0.1, 0.15) is 18.7 Å². The standard InChI is InChI=1S/C22H34Cl3N3O6/c1-5-6-7-8-11-17(29)34-18(14(2)3)19(30)26-15(4)20(31)28-12-9-10-16(27-28)21(32)33-13-22(23,24)25/h5,14-16,18,27H,1,6-13H2,2-4H3,(H,26,30)/t15-,16-,18?/m0/s1. The number of hydrazine groups is 1. The van der Waals surface area contributed by atoms with Crippen molar-refractivity contribution in [1.82, 2.24) is 15.8 Å². The van der Waals surface area contributed by atoms with E-state index in [2.05, 4.69) is 17.3 Å². The number of carbonyl (C=O) groups is 4. The van der Waals surface area contributed by atoms with Crippen molar-refractivity contribution in [3.05, 3.63) is 12.7 Å². The Morgan fingerprint density at radius 1 is 1.21 bits per heavy atom. The van der Waals surface area contributed by atoms with E-state index in [9.17, 15) is 19.2 Å². The molecule has 0 aliphatic carbocycles. The molecule has 2 N–H and O–H groups in total. The van der Waals surface area contributed by atoms with E-state index in [1.165, 1.54) is 11.9 Å². The first-order valence-electron chi connectivity index (χ1n) is 11.3. The molecule has 1 unspecified atom stereocenters. The maximum Gasteiger partial charge on any atom is 0.325 e. The van der Waals surface area contributed by atoms with E-state index in [1.54, 1.807) is 19.9 Å². The minimum atomic E-state index is -1.74. The molecule has 3 atom stereocenters. The van der Waals surface area contributed by atoms with Crippen molar-refractivity contribution in [3.63, 3.8) is 0 Å². The summed E-state index contributed by atoms with van der Waals surface area (Å²) >= 11 is 16.8. The van der Waals surface area contributed by atoms with Crippen molar-refractivity contribution in [2.45, 2.75) is 81.3 Å². The van der Waals surface area contributed by atoms with Crippen LogP contribution >= 0.6 is 34.8 Å². The molecule has 194 valence electrons. The number of esters is 2. The minimum absolute atomic E-state index is 0.201. The molecule has 1 fully saturated rings. The van der Waals surface area contributed by atoms with Crippen molar-refractivity contribution in [2.75, 3.05) is 13.2 Å². The Bertz CT molecular complexity index is 729. The Balaban J connectivity index is 2.63. The Morgan fingerprint density at radius 3 is 2.47 bits per heavy atom. The second-order valence-electron chi connectivity index (χ2n) is 8.46. The molecule has 9 nitrogen and oxygen atoms in total. The summed E-state index contributed by atoms with van der Waals surface area (Å²) in [6.07, 6.45) is 4.17. The van der Waals surface area contributed by atoms with Gasteiger partial charge in [-0.1, -0.05) is 54.7 Å². The SMILES string of the molecule is C=CCCCCC(=O)OC(C(=O)N[C@@H](C)C(=O)N1CCC[C@@H](C(=O)OCC(Cl)(Cl)Cl)N1)C(C)C. The van der Waals surface area contributed by atoms with Crippen molar-refractivity contribution in [1.29, 1.82) is 0 Å². The maximum atomic E-state index is 12.9. The summed E-state index contributed by atoms with van der Waals surface area (Å²) in [6.45, 7) is 8.57. The second-order valence-corrected chi connectivity index (χ2v) is 11.0. The number of unbranched alkanes of at least 4 members (excludes halogenated alkanes) is 2. The molecule has 1 aliphatic rings. The first-order valence-corrected chi connectivity index (χ1v) is 12.4. The van der Waals surface area contributed by atoms with E-state index in [-0.39, 0.29) is 12.3 Å². The van der Waals surface area contributed by atoms with Crippen molar-refractivity contribution < 1.29 is 28.7 Å². The van der Waals surface area contributed by atoms with Crippen LogP contribution in [0.3, 0.4) is 0 Å².